The molecule has 0 bridgehead atoms. The van der Waals surface area contributed by atoms with E-state index in [9.17, 15) is 10.2 Å². The summed E-state index contributed by atoms with van der Waals surface area (Å²) in [6.07, 6.45) is 0.446. The second kappa shape index (κ2) is 22.3. The van der Waals surface area contributed by atoms with Crippen molar-refractivity contribution in [2.45, 2.75) is 170 Å². The highest BCUT2D eigenvalue weighted by molar-refractivity contribution is 6.11. The maximum absolute atomic E-state index is 16.5. The number of aromatic hydroxyl groups is 2. The van der Waals surface area contributed by atoms with Gasteiger partial charge < -0.3 is 33.0 Å². The molecule has 89 heavy (non-hydrogen) atoms. The van der Waals surface area contributed by atoms with Crippen LogP contribution in [-0.2, 0) is 41.2 Å². The van der Waals surface area contributed by atoms with Crippen LogP contribution >= 0.6 is 0 Å². The average molecular weight is 1200 g/mol. The van der Waals surface area contributed by atoms with Crippen molar-refractivity contribution >= 4 is 49.3 Å². The molecule has 0 atom stereocenters. The van der Waals surface area contributed by atoms with Gasteiger partial charge in [-0.1, -0.05) is 173 Å². The maximum Gasteiger partial charge on any atom is 0.258 e. The summed E-state index contributed by atoms with van der Waals surface area (Å²) in [5, 5.41) is 30.6. The molecule has 7 nitrogen and oxygen atoms in total. The Kier molecular flexibility index (Phi) is 16.1. The van der Waals surface area contributed by atoms with Crippen molar-refractivity contribution in [2.75, 3.05) is 32.2 Å². The number of rotatable bonds is 11. The van der Waals surface area contributed by atoms with Crippen molar-refractivity contribution in [1.29, 1.82) is 0 Å². The van der Waals surface area contributed by atoms with Crippen LogP contribution in [0, 0.1) is 32.8 Å². The molecule has 2 N–H and O–H groups in total. The molecule has 8 aromatic carbocycles. The zero-order valence-electron chi connectivity index (χ0n) is 56.9. The third kappa shape index (κ3) is 12.0. The van der Waals surface area contributed by atoms with Gasteiger partial charge in [0.1, 0.15) is 35.2 Å². The Balaban J connectivity index is 1.09. The number of benzene rings is 8. The van der Waals surface area contributed by atoms with Crippen molar-refractivity contribution in [1.82, 2.24) is 9.13 Å². The lowest BCUT2D eigenvalue weighted by molar-refractivity contribution is -0.0161. The standard InChI is InChI=1S/C80H95F2N3O4/c1-47-35-54(81)44-62(60-36-52(79(14,15)16)42-68(71(60)86)84-64-38-48(75(2,3)4)25-29-56(64)57-30-26-49(39-65(57)84)76(5,6)7)73(47)88(22)33-24-34-89(23)74-63(45-55(82)46-70(74)83(20)21)61-37-53(80(17,18)19)43-69(72(61)87)85-66-40-50(77(8,9)10)27-31-58(66)59-32-28-51(41-67(59)85)78(11,12)13/h25-32,35-46,86-87H,22-24,33-34H2,1-21H3. The summed E-state index contributed by atoms with van der Waals surface area (Å²) in [7, 11) is 12.9. The smallest absolute Gasteiger partial charge is 0.258 e. The number of fused-ring (bicyclic) bond motifs is 6. The van der Waals surface area contributed by atoms with Gasteiger partial charge in [-0.25, -0.2) is 8.78 Å². The highest BCUT2D eigenvalue weighted by Crippen LogP contribution is 2.53. The first kappa shape index (κ1) is 64.2. The second-order valence-corrected chi connectivity index (χ2v) is 31.4. The largest absolute Gasteiger partial charge is 0.711 e. The molecule has 0 amide bonds. The maximum atomic E-state index is 16.5. The Hall–Kier alpha value is -7.78. The summed E-state index contributed by atoms with van der Waals surface area (Å²) in [5.74, 6) is 0.266. The third-order valence-corrected chi connectivity index (χ3v) is 18.1. The molecule has 2 aromatic heterocycles. The van der Waals surface area contributed by atoms with Crippen LogP contribution in [0.1, 0.15) is 170 Å². The molecule has 0 spiro atoms. The number of phenolic OH excluding ortho intramolecular Hbond substituents is 2. The molecular weight excluding hydrogens is 1100 g/mol. The van der Waals surface area contributed by atoms with Crippen molar-refractivity contribution in [3.8, 4) is 56.6 Å². The van der Waals surface area contributed by atoms with Crippen LogP contribution in [0.25, 0.3) is 77.2 Å². The second-order valence-electron chi connectivity index (χ2n) is 31.4. The predicted molar refractivity (Wildman–Crippen MR) is 373 cm³/mol. The lowest BCUT2D eigenvalue weighted by atomic mass is 9.84. The van der Waals surface area contributed by atoms with Gasteiger partial charge in [-0.05, 0) is 154 Å². The van der Waals surface area contributed by atoms with E-state index in [1.165, 1.54) is 35.4 Å². The quantitative estimate of drug-likeness (QED) is 0.100. The van der Waals surface area contributed by atoms with Crippen molar-refractivity contribution < 1.29 is 27.7 Å². The van der Waals surface area contributed by atoms with Gasteiger partial charge in [0.05, 0.1) is 44.6 Å². The van der Waals surface area contributed by atoms with Gasteiger partial charge in [-0.3, -0.25) is 0 Å². The van der Waals surface area contributed by atoms with E-state index in [0.29, 0.717) is 69.4 Å². The molecule has 468 valence electrons. The van der Waals surface area contributed by atoms with E-state index in [0.717, 1.165) is 65.9 Å². The number of nitrogens with zero attached hydrogens (tertiary/aromatic N) is 3. The summed E-state index contributed by atoms with van der Waals surface area (Å²) < 4.78 is 43.2. The SMILES string of the molecule is [CH2-][O+](CCC[O+]([CH2-])c1c(-c2cc(C(C)(C)C)cc(-n3c4cc(C(C)(C)C)ccc4c4ccc(C(C)(C)C)cc43)c2O)cc(F)cc1N(C)C)c1c(C)cc(F)cc1-c1cc(C(C)(C)C)cc(-n2c3cc(C(C)(C)C)ccc3c3ccc(C(C)(C)C)cc32)c1O. The van der Waals surface area contributed by atoms with Gasteiger partial charge in [0.15, 0.2) is 13.2 Å². The molecule has 9 heteroatoms. The molecule has 2 heterocycles. The number of phenols is 2. The Bertz CT molecular complexity index is 4280. The van der Waals surface area contributed by atoms with E-state index in [2.05, 4.69) is 242 Å². The minimum atomic E-state index is -0.465. The predicted octanol–water partition coefficient (Wildman–Crippen LogP) is 22.3. The Morgan fingerprint density at radius 2 is 0.697 bits per heavy atom. The summed E-state index contributed by atoms with van der Waals surface area (Å²) in [6, 6.07) is 40.8. The summed E-state index contributed by atoms with van der Waals surface area (Å²) >= 11 is 0. The zero-order chi connectivity index (χ0) is 65.3. The minimum absolute atomic E-state index is 0.00730. The van der Waals surface area contributed by atoms with Crippen molar-refractivity contribution in [3.63, 3.8) is 0 Å². The molecule has 10 aromatic rings. The van der Waals surface area contributed by atoms with Gasteiger partial charge in [-0.15, -0.1) is 0 Å². The lowest BCUT2D eigenvalue weighted by Gasteiger charge is -2.35. The van der Waals surface area contributed by atoms with Gasteiger partial charge in [-0.2, -0.15) is 0 Å². The van der Waals surface area contributed by atoms with E-state index in [-0.39, 0.29) is 45.2 Å². The molecule has 0 aliphatic carbocycles. The summed E-state index contributed by atoms with van der Waals surface area (Å²) in [6.45, 7) is 41.9. The number of hydrogen-bond donors (Lipinski definition) is 2. The van der Waals surface area contributed by atoms with Crippen LogP contribution in [0.2, 0.25) is 0 Å². The van der Waals surface area contributed by atoms with Crippen LogP contribution in [0.3, 0.4) is 0 Å². The van der Waals surface area contributed by atoms with Crippen LogP contribution in [-0.4, -0.2) is 46.7 Å². The number of aryl methyl sites for hydroxylation is 1. The third-order valence-electron chi connectivity index (χ3n) is 18.1. The molecule has 0 saturated carbocycles. The zero-order valence-corrected chi connectivity index (χ0v) is 56.9. The van der Waals surface area contributed by atoms with Gasteiger partial charge in [0, 0.05) is 58.4 Å². The van der Waals surface area contributed by atoms with E-state index < -0.39 is 17.0 Å². The Morgan fingerprint density at radius 1 is 0.393 bits per heavy atom. The molecule has 0 fully saturated rings. The molecule has 10 rings (SSSR count). The first-order valence-electron chi connectivity index (χ1n) is 31.4. The van der Waals surface area contributed by atoms with Crippen molar-refractivity contribution in [2.24, 2.45) is 0 Å². The van der Waals surface area contributed by atoms with Crippen molar-refractivity contribution in [3.05, 3.63) is 186 Å². The van der Waals surface area contributed by atoms with Gasteiger partial charge in [0.25, 0.3) is 5.75 Å². The lowest BCUT2D eigenvalue weighted by Crippen LogP contribution is -2.16. The summed E-state index contributed by atoms with van der Waals surface area (Å²) in [5.41, 5.74) is 13.3. The minimum Gasteiger partial charge on any atom is -0.711 e. The van der Waals surface area contributed by atoms with Gasteiger partial charge in [0.2, 0.25) is 5.75 Å². The monoisotopic (exact) mass is 1200 g/mol. The molecule has 0 aliphatic heterocycles. The van der Waals surface area contributed by atoms with Crippen LogP contribution in [0.15, 0.2) is 121 Å². The van der Waals surface area contributed by atoms with E-state index >= 15 is 8.78 Å². The Morgan fingerprint density at radius 3 is 1.01 bits per heavy atom. The van der Waals surface area contributed by atoms with Crippen LogP contribution < -0.4 is 4.90 Å². The van der Waals surface area contributed by atoms with E-state index in [1.807, 2.05) is 38.1 Å². The van der Waals surface area contributed by atoms with Crippen LogP contribution in [0.5, 0.6) is 23.0 Å². The highest BCUT2D eigenvalue weighted by Gasteiger charge is 2.33. The molecule has 0 aliphatic rings. The van der Waals surface area contributed by atoms with Crippen LogP contribution in [0.4, 0.5) is 14.5 Å². The number of aromatic nitrogens is 2. The molecule has 0 radical (unpaired) electrons. The Labute approximate surface area is 529 Å². The molecular formula is C80H95F2N3O4. The highest BCUT2D eigenvalue weighted by atomic mass is 19.1. The molecule has 0 saturated heterocycles. The molecule has 0 unspecified atom stereocenters. The number of anilines is 1. The first-order valence-corrected chi connectivity index (χ1v) is 31.4. The van der Waals surface area contributed by atoms with Gasteiger partial charge >= 0.3 is 0 Å². The first-order chi connectivity index (χ1) is 41.1. The average Bonchev–Trinajstić information content (AvgIpc) is 1.64. The normalized spacial score (nSPS) is 13.0. The number of hydrogen-bond acceptors (Lipinski definition) is 3. The fraction of sp³-hybridized carbons (Fsp3) is 0.375. The fourth-order valence-electron chi connectivity index (χ4n) is 12.6. The van der Waals surface area contributed by atoms with E-state index in [1.54, 1.807) is 0 Å². The fourth-order valence-corrected chi connectivity index (χ4v) is 12.6. The van der Waals surface area contributed by atoms with E-state index in [4.69, 9.17) is 0 Å². The number of halogens is 2. The summed E-state index contributed by atoms with van der Waals surface area (Å²) in [4.78, 5) is 1.86. The topological polar surface area (TPSA) is 59.0 Å².